The highest BCUT2D eigenvalue weighted by molar-refractivity contribution is 5.94. The number of allylic oxidation sites excluding steroid dienone is 1. The van der Waals surface area contributed by atoms with Gasteiger partial charge in [0.25, 0.3) is 0 Å². The Balaban J connectivity index is 1.89. The van der Waals surface area contributed by atoms with E-state index in [9.17, 15) is 9.90 Å². The summed E-state index contributed by atoms with van der Waals surface area (Å²) >= 11 is 0. The number of hydrogen-bond acceptors (Lipinski definition) is 4. The fourth-order valence-electron chi connectivity index (χ4n) is 5.50. The zero-order chi connectivity index (χ0) is 17.2. The molecule has 4 nitrogen and oxygen atoms in total. The summed E-state index contributed by atoms with van der Waals surface area (Å²) in [5, 5.41) is 10.9. The lowest BCUT2D eigenvalue weighted by molar-refractivity contribution is -0.183. The van der Waals surface area contributed by atoms with E-state index in [1.807, 2.05) is 13.0 Å². The van der Waals surface area contributed by atoms with Crippen LogP contribution in [0.1, 0.15) is 40.5 Å². The van der Waals surface area contributed by atoms with Gasteiger partial charge in [-0.25, -0.2) is 0 Å². The van der Waals surface area contributed by atoms with E-state index >= 15 is 0 Å². The molecule has 0 aromatic heterocycles. The first-order valence-corrected chi connectivity index (χ1v) is 9.18. The standard InChI is InChI=1S/C20H28O4/c1-10-5-6-15(22)20(4)19-18-16(12(3)9-23-20)13(21)8-11(2)17(18)14(7-10)24-19/h5,8,12,14-19,22H,6-7,9H2,1-4H3/b10-5+/t12-,14?,15+,16-,17-,18-,19?,20-/m0/s1. The molecule has 0 spiro atoms. The van der Waals surface area contributed by atoms with Crippen molar-refractivity contribution < 1.29 is 19.4 Å². The summed E-state index contributed by atoms with van der Waals surface area (Å²) in [6, 6.07) is 0. The normalized spacial score (nSPS) is 53.2. The number of ketones is 1. The highest BCUT2D eigenvalue weighted by Crippen LogP contribution is 2.54. The second-order valence-electron chi connectivity index (χ2n) is 8.49. The molecule has 2 fully saturated rings. The quantitative estimate of drug-likeness (QED) is 0.693. The van der Waals surface area contributed by atoms with Crippen molar-refractivity contribution in [2.45, 2.75) is 64.4 Å². The molecule has 1 aliphatic carbocycles. The highest BCUT2D eigenvalue weighted by Gasteiger charge is 2.62. The van der Waals surface area contributed by atoms with Gasteiger partial charge in [0.2, 0.25) is 0 Å². The van der Waals surface area contributed by atoms with Crippen molar-refractivity contribution in [1.29, 1.82) is 0 Å². The van der Waals surface area contributed by atoms with Crippen molar-refractivity contribution in [3.05, 3.63) is 23.3 Å². The van der Waals surface area contributed by atoms with E-state index in [0.29, 0.717) is 13.0 Å². The number of carbonyl (C=O) groups excluding carboxylic acids is 1. The van der Waals surface area contributed by atoms with Crippen molar-refractivity contribution in [3.8, 4) is 0 Å². The smallest absolute Gasteiger partial charge is 0.159 e. The molecule has 3 aliphatic heterocycles. The largest absolute Gasteiger partial charge is 0.390 e. The zero-order valence-electron chi connectivity index (χ0n) is 15.0. The molecule has 132 valence electrons. The molecule has 3 heterocycles. The second-order valence-corrected chi connectivity index (χ2v) is 8.49. The van der Waals surface area contributed by atoms with E-state index in [-0.39, 0.29) is 41.7 Å². The Hall–Kier alpha value is -0.970. The summed E-state index contributed by atoms with van der Waals surface area (Å²) in [5.41, 5.74) is 1.61. The Morgan fingerprint density at radius 1 is 1.29 bits per heavy atom. The molecule has 0 aromatic carbocycles. The molecular weight excluding hydrogens is 304 g/mol. The Morgan fingerprint density at radius 2 is 2.04 bits per heavy atom. The molecule has 1 N–H and O–H groups in total. The summed E-state index contributed by atoms with van der Waals surface area (Å²) in [6.07, 6.45) is 4.62. The van der Waals surface area contributed by atoms with E-state index in [1.165, 1.54) is 5.57 Å². The first kappa shape index (κ1) is 16.5. The van der Waals surface area contributed by atoms with Crippen LogP contribution in [-0.2, 0) is 14.3 Å². The van der Waals surface area contributed by atoms with Gasteiger partial charge in [0.1, 0.15) is 5.60 Å². The third-order valence-corrected chi connectivity index (χ3v) is 6.83. The van der Waals surface area contributed by atoms with Crippen molar-refractivity contribution >= 4 is 5.78 Å². The third kappa shape index (κ3) is 2.19. The number of carbonyl (C=O) groups is 1. The van der Waals surface area contributed by atoms with Crippen LogP contribution in [0, 0.1) is 23.7 Å². The Morgan fingerprint density at radius 3 is 2.79 bits per heavy atom. The van der Waals surface area contributed by atoms with Crippen LogP contribution in [-0.4, -0.2) is 41.4 Å². The van der Waals surface area contributed by atoms with Gasteiger partial charge in [0, 0.05) is 17.8 Å². The van der Waals surface area contributed by atoms with Gasteiger partial charge in [-0.05, 0) is 45.6 Å². The third-order valence-electron chi connectivity index (χ3n) is 6.83. The van der Waals surface area contributed by atoms with Crippen LogP contribution in [0.15, 0.2) is 23.3 Å². The lowest BCUT2D eigenvalue weighted by Crippen LogP contribution is -2.54. The predicted octanol–water partition coefficient (Wildman–Crippen LogP) is 2.66. The number of aliphatic hydroxyl groups is 1. The summed E-state index contributed by atoms with van der Waals surface area (Å²) < 4.78 is 12.8. The number of rotatable bonds is 0. The molecule has 0 radical (unpaired) electrons. The van der Waals surface area contributed by atoms with E-state index in [0.717, 1.165) is 12.0 Å². The maximum absolute atomic E-state index is 12.8. The van der Waals surface area contributed by atoms with Gasteiger partial charge < -0.3 is 14.6 Å². The van der Waals surface area contributed by atoms with Crippen LogP contribution in [0.4, 0.5) is 0 Å². The number of hydrogen-bond donors (Lipinski definition) is 1. The molecule has 2 unspecified atom stereocenters. The maximum Gasteiger partial charge on any atom is 0.159 e. The van der Waals surface area contributed by atoms with Crippen molar-refractivity contribution in [2.75, 3.05) is 6.61 Å². The molecule has 4 rings (SSSR count). The van der Waals surface area contributed by atoms with Gasteiger partial charge in [-0.1, -0.05) is 24.1 Å². The molecule has 4 heteroatoms. The summed E-state index contributed by atoms with van der Waals surface area (Å²) in [4.78, 5) is 12.8. The van der Waals surface area contributed by atoms with Crippen molar-refractivity contribution in [1.82, 2.24) is 0 Å². The molecular formula is C20H28O4. The van der Waals surface area contributed by atoms with Crippen LogP contribution in [0.5, 0.6) is 0 Å². The summed E-state index contributed by atoms with van der Waals surface area (Å²) in [6.45, 7) is 8.73. The van der Waals surface area contributed by atoms with Gasteiger partial charge in [-0.15, -0.1) is 0 Å². The molecule has 2 bridgehead atoms. The van der Waals surface area contributed by atoms with Crippen LogP contribution in [0.2, 0.25) is 0 Å². The summed E-state index contributed by atoms with van der Waals surface area (Å²) in [7, 11) is 0. The molecule has 0 aromatic rings. The minimum atomic E-state index is -0.764. The summed E-state index contributed by atoms with van der Waals surface area (Å²) in [5.74, 6) is 0.641. The molecule has 0 amide bonds. The van der Waals surface area contributed by atoms with Gasteiger partial charge in [0.05, 0.1) is 24.9 Å². The van der Waals surface area contributed by atoms with E-state index in [1.54, 1.807) is 0 Å². The first-order valence-electron chi connectivity index (χ1n) is 9.18. The Labute approximate surface area is 143 Å². The average Bonchev–Trinajstić information content (AvgIpc) is 2.85. The Bertz CT molecular complexity index is 621. The predicted molar refractivity (Wildman–Crippen MR) is 90.4 cm³/mol. The Kier molecular flexibility index (Phi) is 3.79. The fourth-order valence-corrected chi connectivity index (χ4v) is 5.50. The lowest BCUT2D eigenvalue weighted by Gasteiger charge is -2.41. The van der Waals surface area contributed by atoms with E-state index < -0.39 is 11.7 Å². The molecule has 24 heavy (non-hydrogen) atoms. The topological polar surface area (TPSA) is 55.8 Å². The number of aliphatic hydroxyl groups excluding tert-OH is 1. The van der Waals surface area contributed by atoms with Gasteiger partial charge in [-0.3, -0.25) is 4.79 Å². The first-order chi connectivity index (χ1) is 11.3. The second kappa shape index (κ2) is 5.52. The highest BCUT2D eigenvalue weighted by atomic mass is 16.6. The van der Waals surface area contributed by atoms with Crippen molar-refractivity contribution in [3.63, 3.8) is 0 Å². The fraction of sp³-hybridized carbons (Fsp3) is 0.750. The minimum absolute atomic E-state index is 0.0635. The molecule has 2 saturated heterocycles. The number of fused-ring (bicyclic) bond motifs is 2. The van der Waals surface area contributed by atoms with Crippen LogP contribution in [0.3, 0.4) is 0 Å². The number of ether oxygens (including phenoxy) is 2. The van der Waals surface area contributed by atoms with Crippen molar-refractivity contribution in [2.24, 2.45) is 23.7 Å². The zero-order valence-corrected chi connectivity index (χ0v) is 15.0. The minimum Gasteiger partial charge on any atom is -0.390 e. The van der Waals surface area contributed by atoms with E-state index in [4.69, 9.17) is 9.47 Å². The van der Waals surface area contributed by atoms with Gasteiger partial charge in [-0.2, -0.15) is 0 Å². The van der Waals surface area contributed by atoms with Crippen LogP contribution >= 0.6 is 0 Å². The van der Waals surface area contributed by atoms with Crippen LogP contribution < -0.4 is 0 Å². The van der Waals surface area contributed by atoms with Gasteiger partial charge in [0.15, 0.2) is 5.78 Å². The van der Waals surface area contributed by atoms with Gasteiger partial charge >= 0.3 is 0 Å². The molecule has 0 saturated carbocycles. The molecule has 8 atom stereocenters. The van der Waals surface area contributed by atoms with E-state index in [2.05, 4.69) is 26.8 Å². The lowest BCUT2D eigenvalue weighted by atomic mass is 9.63. The van der Waals surface area contributed by atoms with Crippen LogP contribution in [0.25, 0.3) is 0 Å². The maximum atomic E-state index is 12.8. The molecule has 4 aliphatic rings. The SMILES string of the molecule is CC1=CC(=O)[C@H]2[C@@H]3C4OC(C/C(C)=C/C[C@@H](O)[C@]4(C)OC[C@@H]2C)[C@H]13. The monoisotopic (exact) mass is 332 g/mol. The average molecular weight is 332 g/mol.